The lowest BCUT2D eigenvalue weighted by Gasteiger charge is -2.14. The molecule has 0 saturated carbocycles. The van der Waals surface area contributed by atoms with Gasteiger partial charge in [-0.1, -0.05) is 12.1 Å². The van der Waals surface area contributed by atoms with Crippen LogP contribution in [0.25, 0.3) is 0 Å². The summed E-state index contributed by atoms with van der Waals surface area (Å²) < 4.78 is 4.82. The van der Waals surface area contributed by atoms with Crippen molar-refractivity contribution >= 4 is 34.7 Å². The number of hydrogen-bond acceptors (Lipinski definition) is 7. The van der Waals surface area contributed by atoms with Crippen molar-refractivity contribution in [2.75, 3.05) is 36.7 Å². The van der Waals surface area contributed by atoms with E-state index in [-0.39, 0.29) is 0 Å². The maximum Gasteiger partial charge on any atom is 0.339 e. The quantitative estimate of drug-likeness (QED) is 0.645. The van der Waals surface area contributed by atoms with Gasteiger partial charge in [0.2, 0.25) is 0 Å². The van der Waals surface area contributed by atoms with Gasteiger partial charge in [0, 0.05) is 31.5 Å². The minimum atomic E-state index is -0.411. The number of benzene rings is 2. The molecule has 0 amide bonds. The van der Waals surface area contributed by atoms with E-state index in [1.54, 1.807) is 24.3 Å². The molecular formula is C20H21N5O2. The lowest BCUT2D eigenvalue weighted by molar-refractivity contribution is 0.0602. The van der Waals surface area contributed by atoms with Gasteiger partial charge >= 0.3 is 5.97 Å². The molecule has 138 valence electrons. The van der Waals surface area contributed by atoms with Crippen LogP contribution in [0.1, 0.15) is 10.4 Å². The van der Waals surface area contributed by atoms with Crippen molar-refractivity contribution in [3.05, 3.63) is 66.5 Å². The molecule has 0 saturated heterocycles. The molecule has 2 N–H and O–H groups in total. The smallest absolute Gasteiger partial charge is 0.339 e. The number of methoxy groups -OCH3 is 1. The van der Waals surface area contributed by atoms with Crippen molar-refractivity contribution < 1.29 is 9.53 Å². The van der Waals surface area contributed by atoms with Gasteiger partial charge < -0.3 is 20.3 Å². The fourth-order valence-electron chi connectivity index (χ4n) is 2.50. The topological polar surface area (TPSA) is 79.4 Å². The summed E-state index contributed by atoms with van der Waals surface area (Å²) in [5.41, 5.74) is 3.09. The number of ether oxygens (including phenoxy) is 1. The van der Waals surface area contributed by atoms with Gasteiger partial charge in [-0.05, 0) is 36.4 Å². The van der Waals surface area contributed by atoms with Crippen molar-refractivity contribution in [2.24, 2.45) is 0 Å². The first-order chi connectivity index (χ1) is 13.1. The van der Waals surface area contributed by atoms with E-state index in [1.165, 1.54) is 13.4 Å². The first-order valence-electron chi connectivity index (χ1n) is 8.37. The van der Waals surface area contributed by atoms with Crippen LogP contribution in [0, 0.1) is 0 Å². The first kappa shape index (κ1) is 18.2. The Balaban J connectivity index is 1.77. The van der Waals surface area contributed by atoms with E-state index in [0.717, 1.165) is 11.4 Å². The average molecular weight is 363 g/mol. The summed E-state index contributed by atoms with van der Waals surface area (Å²) in [5.74, 6) is 0.793. The third kappa shape index (κ3) is 4.52. The summed E-state index contributed by atoms with van der Waals surface area (Å²) >= 11 is 0. The summed E-state index contributed by atoms with van der Waals surface area (Å²) in [7, 11) is 5.35. The Labute approximate surface area is 158 Å². The van der Waals surface area contributed by atoms with E-state index >= 15 is 0 Å². The Morgan fingerprint density at radius 2 is 1.63 bits per heavy atom. The van der Waals surface area contributed by atoms with Gasteiger partial charge in [-0.2, -0.15) is 0 Å². The van der Waals surface area contributed by atoms with Crippen LogP contribution in [0.15, 0.2) is 60.9 Å². The number of anilines is 5. The molecule has 0 spiro atoms. The number of aromatic nitrogens is 2. The zero-order chi connectivity index (χ0) is 19.2. The molecule has 3 aromatic rings. The molecule has 0 aliphatic carbocycles. The third-order valence-electron chi connectivity index (χ3n) is 3.92. The molecule has 1 heterocycles. The Bertz CT molecular complexity index is 926. The monoisotopic (exact) mass is 363 g/mol. The molecule has 2 aromatic carbocycles. The van der Waals surface area contributed by atoms with E-state index in [0.29, 0.717) is 22.9 Å². The second-order valence-corrected chi connectivity index (χ2v) is 6.02. The predicted octanol–water partition coefficient (Wildman–Crippen LogP) is 3.82. The molecule has 0 aliphatic rings. The van der Waals surface area contributed by atoms with Crippen molar-refractivity contribution in [2.45, 2.75) is 0 Å². The highest BCUT2D eigenvalue weighted by molar-refractivity contribution is 5.96. The van der Waals surface area contributed by atoms with Gasteiger partial charge in [-0.15, -0.1) is 0 Å². The molecule has 0 bridgehead atoms. The molecule has 3 rings (SSSR count). The molecule has 0 unspecified atom stereocenters. The summed E-state index contributed by atoms with van der Waals surface area (Å²) in [6, 6.07) is 16.9. The van der Waals surface area contributed by atoms with Crippen LogP contribution >= 0.6 is 0 Å². The van der Waals surface area contributed by atoms with E-state index in [4.69, 9.17) is 4.74 Å². The SMILES string of the molecule is COC(=O)c1ccccc1Nc1cc(Nc2ccc(N(C)C)cc2)ncn1. The van der Waals surface area contributed by atoms with Crippen LogP contribution in [0.5, 0.6) is 0 Å². The molecule has 1 aromatic heterocycles. The summed E-state index contributed by atoms with van der Waals surface area (Å²) in [6.45, 7) is 0. The molecular weight excluding hydrogens is 342 g/mol. The summed E-state index contributed by atoms with van der Waals surface area (Å²) in [4.78, 5) is 22.4. The second-order valence-electron chi connectivity index (χ2n) is 6.02. The number of para-hydroxylation sites is 1. The summed E-state index contributed by atoms with van der Waals surface area (Å²) in [6.07, 6.45) is 1.46. The largest absolute Gasteiger partial charge is 0.465 e. The minimum Gasteiger partial charge on any atom is -0.465 e. The van der Waals surface area contributed by atoms with Gasteiger partial charge in [0.15, 0.2) is 0 Å². The van der Waals surface area contributed by atoms with Crippen LogP contribution < -0.4 is 15.5 Å². The molecule has 0 radical (unpaired) electrons. The van der Waals surface area contributed by atoms with E-state index < -0.39 is 5.97 Å². The molecule has 7 nitrogen and oxygen atoms in total. The number of carbonyl (C=O) groups is 1. The standard InChI is InChI=1S/C20H21N5O2/c1-25(2)15-10-8-14(9-11-15)23-18-12-19(22-13-21-18)24-17-7-5-4-6-16(17)20(26)27-3/h4-13H,1-3H3,(H2,21,22,23,24). The second kappa shape index (κ2) is 8.18. The molecule has 27 heavy (non-hydrogen) atoms. The molecule has 7 heteroatoms. The van der Waals surface area contributed by atoms with Crippen molar-refractivity contribution in [1.29, 1.82) is 0 Å². The first-order valence-corrected chi connectivity index (χ1v) is 8.37. The fourth-order valence-corrected chi connectivity index (χ4v) is 2.50. The number of esters is 1. The van der Waals surface area contributed by atoms with Crippen molar-refractivity contribution in [3.8, 4) is 0 Å². The minimum absolute atomic E-state index is 0.411. The Morgan fingerprint density at radius 1 is 0.963 bits per heavy atom. The van der Waals surface area contributed by atoms with Gasteiger partial charge in [0.1, 0.15) is 18.0 Å². The van der Waals surface area contributed by atoms with Crippen LogP contribution in [0.3, 0.4) is 0 Å². The Hall–Kier alpha value is -3.61. The summed E-state index contributed by atoms with van der Waals surface area (Å²) in [5, 5.41) is 6.38. The Kier molecular flexibility index (Phi) is 5.51. The van der Waals surface area contributed by atoms with Crippen LogP contribution in [0.2, 0.25) is 0 Å². The molecule has 0 aliphatic heterocycles. The van der Waals surface area contributed by atoms with E-state index in [2.05, 4.69) is 20.6 Å². The van der Waals surface area contributed by atoms with Crippen LogP contribution in [-0.4, -0.2) is 37.1 Å². The number of carbonyl (C=O) groups excluding carboxylic acids is 1. The maximum absolute atomic E-state index is 11.9. The average Bonchev–Trinajstić information content (AvgIpc) is 2.68. The molecule has 0 atom stereocenters. The van der Waals surface area contributed by atoms with Gasteiger partial charge in [0.25, 0.3) is 0 Å². The zero-order valence-corrected chi connectivity index (χ0v) is 15.4. The van der Waals surface area contributed by atoms with Crippen molar-refractivity contribution in [3.63, 3.8) is 0 Å². The van der Waals surface area contributed by atoms with Crippen LogP contribution in [0.4, 0.5) is 28.7 Å². The normalized spacial score (nSPS) is 10.2. The van der Waals surface area contributed by atoms with Crippen LogP contribution in [-0.2, 0) is 4.74 Å². The molecule has 0 fully saturated rings. The van der Waals surface area contributed by atoms with Crippen molar-refractivity contribution in [1.82, 2.24) is 9.97 Å². The van der Waals surface area contributed by atoms with E-state index in [9.17, 15) is 4.79 Å². The number of rotatable bonds is 6. The third-order valence-corrected chi connectivity index (χ3v) is 3.92. The van der Waals surface area contributed by atoms with E-state index in [1.807, 2.05) is 49.3 Å². The Morgan fingerprint density at radius 3 is 2.30 bits per heavy atom. The highest BCUT2D eigenvalue weighted by Crippen LogP contribution is 2.23. The zero-order valence-electron chi connectivity index (χ0n) is 15.4. The van der Waals surface area contributed by atoms with Gasteiger partial charge in [-0.3, -0.25) is 0 Å². The number of nitrogens with one attached hydrogen (secondary N) is 2. The maximum atomic E-state index is 11.9. The highest BCUT2D eigenvalue weighted by Gasteiger charge is 2.11. The van der Waals surface area contributed by atoms with Gasteiger partial charge in [-0.25, -0.2) is 14.8 Å². The fraction of sp³-hybridized carbons (Fsp3) is 0.150. The number of hydrogen-bond donors (Lipinski definition) is 2. The lowest BCUT2D eigenvalue weighted by atomic mass is 10.2. The highest BCUT2D eigenvalue weighted by atomic mass is 16.5. The lowest BCUT2D eigenvalue weighted by Crippen LogP contribution is -2.08. The van der Waals surface area contributed by atoms with Gasteiger partial charge in [0.05, 0.1) is 18.4 Å². The number of nitrogens with zero attached hydrogens (tertiary/aromatic N) is 3. The predicted molar refractivity (Wildman–Crippen MR) is 107 cm³/mol.